The molecule has 0 aliphatic heterocycles. The molecule has 0 aromatic carbocycles. The van der Waals surface area contributed by atoms with Gasteiger partial charge < -0.3 is 15.7 Å². The maximum Gasteiger partial charge on any atom is 0.239 e. The number of aliphatic hydroxyl groups is 1. The molecule has 0 spiro atoms. The molecule has 3 N–H and O–H groups in total. The van der Waals surface area contributed by atoms with E-state index in [1.807, 2.05) is 20.8 Å². The standard InChI is InChI=1S/C14H26N2O3/c1-14(2,3)13(19)16-8-12(18)15-7-10-5-4-6-11(10)9-17/h10-11,17H,4-9H2,1-3H3,(H,15,18)(H,16,19). The van der Waals surface area contributed by atoms with Gasteiger partial charge in [-0.15, -0.1) is 0 Å². The molecule has 0 bridgehead atoms. The lowest BCUT2D eigenvalue weighted by Gasteiger charge is -2.19. The molecule has 0 saturated heterocycles. The molecule has 1 aliphatic carbocycles. The second-order valence-electron chi connectivity index (χ2n) is 6.37. The molecule has 5 nitrogen and oxygen atoms in total. The second-order valence-corrected chi connectivity index (χ2v) is 6.37. The average Bonchev–Trinajstić information content (AvgIpc) is 2.79. The fourth-order valence-corrected chi connectivity index (χ4v) is 2.36. The van der Waals surface area contributed by atoms with Gasteiger partial charge in [-0.25, -0.2) is 0 Å². The van der Waals surface area contributed by atoms with E-state index in [1.54, 1.807) is 0 Å². The molecular weight excluding hydrogens is 244 g/mol. The Bertz CT molecular complexity index is 323. The molecule has 2 unspecified atom stereocenters. The Morgan fingerprint density at radius 1 is 1.16 bits per heavy atom. The molecule has 1 saturated carbocycles. The van der Waals surface area contributed by atoms with E-state index in [9.17, 15) is 14.7 Å². The Labute approximate surface area is 115 Å². The normalized spacial score (nSPS) is 23.2. The van der Waals surface area contributed by atoms with Gasteiger partial charge in [-0.3, -0.25) is 9.59 Å². The lowest BCUT2D eigenvalue weighted by Crippen LogP contribution is -2.43. The third-order valence-corrected chi connectivity index (χ3v) is 3.70. The van der Waals surface area contributed by atoms with Gasteiger partial charge in [0.25, 0.3) is 0 Å². The average molecular weight is 270 g/mol. The Balaban J connectivity index is 2.23. The van der Waals surface area contributed by atoms with Crippen LogP contribution in [0.2, 0.25) is 0 Å². The van der Waals surface area contributed by atoms with Gasteiger partial charge in [-0.05, 0) is 24.7 Å². The van der Waals surface area contributed by atoms with Gasteiger partial charge in [-0.1, -0.05) is 27.2 Å². The summed E-state index contributed by atoms with van der Waals surface area (Å²) in [5.74, 6) is 0.384. The quantitative estimate of drug-likeness (QED) is 0.687. The highest BCUT2D eigenvalue weighted by Gasteiger charge is 2.27. The first-order valence-electron chi connectivity index (χ1n) is 7.00. The zero-order valence-corrected chi connectivity index (χ0v) is 12.2. The minimum absolute atomic E-state index is 0.0205. The van der Waals surface area contributed by atoms with Gasteiger partial charge in [0.2, 0.25) is 11.8 Å². The summed E-state index contributed by atoms with van der Waals surface area (Å²) in [4.78, 5) is 23.2. The van der Waals surface area contributed by atoms with Gasteiger partial charge >= 0.3 is 0 Å². The van der Waals surface area contributed by atoms with Crippen molar-refractivity contribution in [2.45, 2.75) is 40.0 Å². The van der Waals surface area contributed by atoms with Crippen molar-refractivity contribution in [2.75, 3.05) is 19.7 Å². The maximum atomic E-state index is 11.6. The van der Waals surface area contributed by atoms with Crippen molar-refractivity contribution in [2.24, 2.45) is 17.3 Å². The van der Waals surface area contributed by atoms with Gasteiger partial charge in [0, 0.05) is 18.6 Å². The van der Waals surface area contributed by atoms with E-state index in [0.29, 0.717) is 18.4 Å². The van der Waals surface area contributed by atoms with Crippen LogP contribution in [0.1, 0.15) is 40.0 Å². The molecule has 110 valence electrons. The summed E-state index contributed by atoms with van der Waals surface area (Å²) in [6.45, 7) is 6.24. The highest BCUT2D eigenvalue weighted by atomic mass is 16.3. The summed E-state index contributed by atoms with van der Waals surface area (Å²) in [6.07, 6.45) is 3.21. The molecule has 5 heteroatoms. The van der Waals surface area contributed by atoms with Crippen LogP contribution in [0.4, 0.5) is 0 Å². The lowest BCUT2D eigenvalue weighted by molar-refractivity contribution is -0.131. The van der Waals surface area contributed by atoms with Crippen molar-refractivity contribution >= 4 is 11.8 Å². The molecule has 1 aliphatic rings. The van der Waals surface area contributed by atoms with Crippen LogP contribution < -0.4 is 10.6 Å². The summed E-state index contributed by atoms with van der Waals surface area (Å²) in [7, 11) is 0. The largest absolute Gasteiger partial charge is 0.396 e. The Hall–Kier alpha value is -1.10. The smallest absolute Gasteiger partial charge is 0.239 e. The van der Waals surface area contributed by atoms with Crippen molar-refractivity contribution < 1.29 is 14.7 Å². The number of hydrogen-bond donors (Lipinski definition) is 3. The van der Waals surface area contributed by atoms with Crippen molar-refractivity contribution in [1.29, 1.82) is 0 Å². The maximum absolute atomic E-state index is 11.6. The Morgan fingerprint density at radius 2 is 1.79 bits per heavy atom. The van der Waals surface area contributed by atoms with Crippen molar-refractivity contribution in [1.82, 2.24) is 10.6 Å². The molecule has 1 rings (SSSR count). The van der Waals surface area contributed by atoms with Crippen LogP contribution in [-0.4, -0.2) is 36.6 Å². The lowest BCUT2D eigenvalue weighted by atomic mass is 9.96. The van der Waals surface area contributed by atoms with Gasteiger partial charge in [0.05, 0.1) is 6.54 Å². The summed E-state index contributed by atoms with van der Waals surface area (Å²) < 4.78 is 0. The van der Waals surface area contributed by atoms with Crippen LogP contribution in [0.3, 0.4) is 0 Å². The highest BCUT2D eigenvalue weighted by Crippen LogP contribution is 2.30. The minimum atomic E-state index is -0.478. The van der Waals surface area contributed by atoms with Gasteiger partial charge in [0.15, 0.2) is 0 Å². The number of carbonyl (C=O) groups is 2. The fraction of sp³-hybridized carbons (Fsp3) is 0.857. The Kier molecular flexibility index (Phi) is 5.79. The predicted octanol–water partition coefficient (Wildman–Crippen LogP) is 0.673. The molecule has 0 heterocycles. The van der Waals surface area contributed by atoms with Crippen LogP contribution in [0.25, 0.3) is 0 Å². The first kappa shape index (κ1) is 16.0. The number of rotatable bonds is 5. The van der Waals surface area contributed by atoms with Crippen LogP contribution >= 0.6 is 0 Å². The monoisotopic (exact) mass is 270 g/mol. The summed E-state index contributed by atoms with van der Waals surface area (Å²) in [6, 6.07) is 0. The Morgan fingerprint density at radius 3 is 2.37 bits per heavy atom. The first-order valence-corrected chi connectivity index (χ1v) is 7.00. The number of carbonyl (C=O) groups excluding carboxylic acids is 2. The number of aliphatic hydroxyl groups excluding tert-OH is 1. The second kappa shape index (κ2) is 6.89. The van der Waals surface area contributed by atoms with E-state index < -0.39 is 5.41 Å². The fourth-order valence-electron chi connectivity index (χ4n) is 2.36. The number of amides is 2. The van der Waals surface area contributed by atoms with E-state index in [4.69, 9.17) is 0 Å². The highest BCUT2D eigenvalue weighted by molar-refractivity contribution is 5.87. The molecule has 2 amide bonds. The molecule has 0 radical (unpaired) electrons. The molecular formula is C14H26N2O3. The van der Waals surface area contributed by atoms with Crippen LogP contribution in [0, 0.1) is 17.3 Å². The third-order valence-electron chi connectivity index (χ3n) is 3.70. The molecule has 1 fully saturated rings. The first-order chi connectivity index (χ1) is 8.84. The summed E-state index contributed by atoms with van der Waals surface area (Å²) >= 11 is 0. The van der Waals surface area contributed by atoms with Gasteiger partial charge in [0.1, 0.15) is 0 Å². The van der Waals surface area contributed by atoms with E-state index in [1.165, 1.54) is 0 Å². The molecule has 2 atom stereocenters. The van der Waals surface area contributed by atoms with Crippen molar-refractivity contribution in [3.8, 4) is 0 Å². The predicted molar refractivity (Wildman–Crippen MR) is 73.4 cm³/mol. The number of hydrogen-bond acceptors (Lipinski definition) is 3. The van der Waals surface area contributed by atoms with Gasteiger partial charge in [-0.2, -0.15) is 0 Å². The SMILES string of the molecule is CC(C)(C)C(=O)NCC(=O)NCC1CCCC1CO. The van der Waals surface area contributed by atoms with Crippen LogP contribution in [0.15, 0.2) is 0 Å². The van der Waals surface area contributed by atoms with E-state index in [2.05, 4.69) is 10.6 Å². The zero-order chi connectivity index (χ0) is 14.5. The van der Waals surface area contributed by atoms with E-state index in [-0.39, 0.29) is 25.0 Å². The van der Waals surface area contributed by atoms with Crippen LogP contribution in [-0.2, 0) is 9.59 Å². The molecule has 0 aromatic rings. The summed E-state index contributed by atoms with van der Waals surface area (Å²) in [5, 5.41) is 14.7. The number of nitrogens with one attached hydrogen (secondary N) is 2. The van der Waals surface area contributed by atoms with Crippen molar-refractivity contribution in [3.63, 3.8) is 0 Å². The molecule has 0 aromatic heterocycles. The zero-order valence-electron chi connectivity index (χ0n) is 12.2. The third kappa shape index (κ3) is 5.19. The minimum Gasteiger partial charge on any atom is -0.396 e. The summed E-state index contributed by atoms with van der Waals surface area (Å²) in [5.41, 5.74) is -0.478. The topological polar surface area (TPSA) is 78.4 Å². The van der Waals surface area contributed by atoms with E-state index in [0.717, 1.165) is 19.3 Å². The van der Waals surface area contributed by atoms with Crippen LogP contribution in [0.5, 0.6) is 0 Å². The molecule has 19 heavy (non-hydrogen) atoms. The van der Waals surface area contributed by atoms with E-state index >= 15 is 0 Å². The van der Waals surface area contributed by atoms with Crippen molar-refractivity contribution in [3.05, 3.63) is 0 Å².